The molecule has 1 heterocycles. The summed E-state index contributed by atoms with van der Waals surface area (Å²) in [7, 11) is 3.23. The van der Waals surface area contributed by atoms with E-state index in [2.05, 4.69) is 10.5 Å². The quantitative estimate of drug-likeness (QED) is 0.670. The van der Waals surface area contributed by atoms with Crippen molar-refractivity contribution in [3.63, 3.8) is 0 Å². The molecule has 0 unspecified atom stereocenters. The van der Waals surface area contributed by atoms with Crippen molar-refractivity contribution in [2.75, 3.05) is 20.0 Å². The molecule has 0 aromatic heterocycles. The van der Waals surface area contributed by atoms with Crippen LogP contribution in [0.15, 0.2) is 41.5 Å². The maximum Gasteiger partial charge on any atom is 0.161 e. The van der Waals surface area contributed by atoms with E-state index in [9.17, 15) is 0 Å². The SMILES string of the molecule is COc1cc2c(cc1OC)C(c1ccc(N)cc1)=NNC(=S)C2. The van der Waals surface area contributed by atoms with Crippen molar-refractivity contribution >= 4 is 28.6 Å². The molecule has 0 bridgehead atoms. The van der Waals surface area contributed by atoms with Crippen molar-refractivity contribution < 1.29 is 9.47 Å². The van der Waals surface area contributed by atoms with E-state index in [4.69, 9.17) is 27.4 Å². The maximum atomic E-state index is 5.77. The predicted octanol–water partition coefficient (Wildman–Crippen LogP) is 2.51. The van der Waals surface area contributed by atoms with E-state index in [1.54, 1.807) is 14.2 Å². The van der Waals surface area contributed by atoms with Gasteiger partial charge in [-0.3, -0.25) is 5.43 Å². The van der Waals surface area contributed by atoms with Crippen LogP contribution in [0.3, 0.4) is 0 Å². The number of nitrogen functional groups attached to an aromatic ring is 1. The van der Waals surface area contributed by atoms with E-state index in [1.165, 1.54) is 0 Å². The minimum absolute atomic E-state index is 0.590. The van der Waals surface area contributed by atoms with Crippen molar-refractivity contribution in [2.24, 2.45) is 5.10 Å². The summed E-state index contributed by atoms with van der Waals surface area (Å²) in [6.07, 6.45) is 0.590. The Bertz CT molecular complexity index is 785. The molecule has 6 heteroatoms. The largest absolute Gasteiger partial charge is 0.493 e. The van der Waals surface area contributed by atoms with Gasteiger partial charge in [0.15, 0.2) is 11.5 Å². The molecule has 0 fully saturated rings. The molecule has 1 aliphatic rings. The Hall–Kier alpha value is -2.60. The van der Waals surface area contributed by atoms with Gasteiger partial charge in [0.1, 0.15) is 4.99 Å². The number of anilines is 1. The number of hydrazone groups is 1. The minimum atomic E-state index is 0.590. The highest BCUT2D eigenvalue weighted by Gasteiger charge is 2.20. The highest BCUT2D eigenvalue weighted by atomic mass is 32.1. The lowest BCUT2D eigenvalue weighted by atomic mass is 9.95. The molecule has 3 rings (SSSR count). The number of rotatable bonds is 3. The first-order valence-corrected chi connectivity index (χ1v) is 7.51. The topological polar surface area (TPSA) is 68.9 Å². The van der Waals surface area contributed by atoms with Crippen LogP contribution in [0.5, 0.6) is 11.5 Å². The molecule has 0 amide bonds. The number of fused-ring (bicyclic) bond motifs is 1. The Labute approximate surface area is 140 Å². The Kier molecular flexibility index (Phi) is 4.16. The van der Waals surface area contributed by atoms with Crippen LogP contribution in [-0.4, -0.2) is 24.9 Å². The number of nitrogens with zero attached hydrogens (tertiary/aromatic N) is 1. The summed E-state index contributed by atoms with van der Waals surface area (Å²) in [5.41, 5.74) is 13.2. The van der Waals surface area contributed by atoms with Crippen LogP contribution in [0.4, 0.5) is 5.69 Å². The van der Waals surface area contributed by atoms with Gasteiger partial charge in [0.25, 0.3) is 0 Å². The lowest BCUT2D eigenvalue weighted by molar-refractivity contribution is 0.354. The van der Waals surface area contributed by atoms with Crippen LogP contribution in [0.2, 0.25) is 0 Å². The second-order valence-corrected chi connectivity index (χ2v) is 5.65. The molecular formula is C17H17N3O2S. The van der Waals surface area contributed by atoms with Crippen molar-refractivity contribution in [1.29, 1.82) is 0 Å². The number of ether oxygens (including phenoxy) is 2. The Balaban J connectivity index is 2.19. The third-order valence-electron chi connectivity index (χ3n) is 3.69. The van der Waals surface area contributed by atoms with E-state index in [-0.39, 0.29) is 0 Å². The Morgan fingerprint density at radius 1 is 1.09 bits per heavy atom. The van der Waals surface area contributed by atoms with Gasteiger partial charge >= 0.3 is 0 Å². The normalized spacial score (nSPS) is 13.5. The molecule has 5 nitrogen and oxygen atoms in total. The van der Waals surface area contributed by atoms with Crippen molar-refractivity contribution in [1.82, 2.24) is 5.43 Å². The van der Waals surface area contributed by atoms with Crippen molar-refractivity contribution in [3.05, 3.63) is 53.1 Å². The van der Waals surface area contributed by atoms with E-state index < -0.39 is 0 Å². The number of methoxy groups -OCH3 is 2. The second kappa shape index (κ2) is 6.26. The number of hydrogen-bond donors (Lipinski definition) is 2. The van der Waals surface area contributed by atoms with Gasteiger partial charge in [0.05, 0.1) is 19.9 Å². The van der Waals surface area contributed by atoms with Gasteiger partial charge in [-0.25, -0.2) is 0 Å². The molecule has 0 atom stereocenters. The molecule has 0 spiro atoms. The molecule has 2 aromatic rings. The number of hydrogen-bond acceptors (Lipinski definition) is 5. The number of benzene rings is 2. The molecule has 0 saturated heterocycles. The smallest absolute Gasteiger partial charge is 0.161 e. The standard InChI is InChI=1S/C17H17N3O2S/c1-21-14-7-11-8-16(23)19-20-17(13(11)9-15(14)22-2)10-3-5-12(18)6-4-10/h3-7,9H,8,18H2,1-2H3,(H,19,23). The Morgan fingerprint density at radius 3 is 2.39 bits per heavy atom. The van der Waals surface area contributed by atoms with Crippen LogP contribution in [0.25, 0.3) is 0 Å². The van der Waals surface area contributed by atoms with Crippen LogP contribution < -0.4 is 20.6 Å². The zero-order chi connectivity index (χ0) is 16.4. The molecule has 2 aromatic carbocycles. The van der Waals surface area contributed by atoms with Gasteiger partial charge in [-0.1, -0.05) is 24.4 Å². The number of thiocarbonyl (C=S) groups is 1. The molecular weight excluding hydrogens is 310 g/mol. The summed E-state index contributed by atoms with van der Waals surface area (Å²) in [5.74, 6) is 1.33. The average molecular weight is 327 g/mol. The van der Waals surface area contributed by atoms with Crippen LogP contribution in [-0.2, 0) is 6.42 Å². The zero-order valence-corrected chi connectivity index (χ0v) is 13.7. The molecule has 118 valence electrons. The van der Waals surface area contributed by atoms with Gasteiger partial charge in [-0.2, -0.15) is 5.10 Å². The third-order valence-corrected chi connectivity index (χ3v) is 3.93. The van der Waals surface area contributed by atoms with Gasteiger partial charge in [-0.05, 0) is 29.8 Å². The fourth-order valence-corrected chi connectivity index (χ4v) is 2.74. The van der Waals surface area contributed by atoms with Gasteiger partial charge in [-0.15, -0.1) is 0 Å². The van der Waals surface area contributed by atoms with E-state index in [0.717, 1.165) is 22.4 Å². The molecule has 0 radical (unpaired) electrons. The third kappa shape index (κ3) is 2.98. The average Bonchev–Trinajstić information content (AvgIpc) is 2.72. The van der Waals surface area contributed by atoms with Crippen LogP contribution >= 0.6 is 12.2 Å². The zero-order valence-electron chi connectivity index (χ0n) is 12.9. The number of nitrogens with two attached hydrogens (primary N) is 1. The maximum absolute atomic E-state index is 5.77. The lowest BCUT2D eigenvalue weighted by Gasteiger charge is -2.14. The molecule has 0 aliphatic carbocycles. The summed E-state index contributed by atoms with van der Waals surface area (Å²) in [4.78, 5) is 0.656. The Morgan fingerprint density at radius 2 is 1.74 bits per heavy atom. The molecule has 1 aliphatic heterocycles. The van der Waals surface area contributed by atoms with Gasteiger partial charge < -0.3 is 15.2 Å². The van der Waals surface area contributed by atoms with Crippen LogP contribution in [0, 0.1) is 0 Å². The van der Waals surface area contributed by atoms with E-state index >= 15 is 0 Å². The van der Waals surface area contributed by atoms with Gasteiger partial charge in [0, 0.05) is 23.2 Å². The van der Waals surface area contributed by atoms with Crippen molar-refractivity contribution in [3.8, 4) is 11.5 Å². The van der Waals surface area contributed by atoms with Crippen molar-refractivity contribution in [2.45, 2.75) is 6.42 Å². The monoisotopic (exact) mass is 327 g/mol. The van der Waals surface area contributed by atoms with E-state index in [0.29, 0.717) is 28.6 Å². The predicted molar refractivity (Wildman–Crippen MR) is 95.5 cm³/mol. The summed E-state index contributed by atoms with van der Waals surface area (Å²) >= 11 is 5.32. The fourth-order valence-electron chi connectivity index (χ4n) is 2.54. The molecule has 0 saturated carbocycles. The highest BCUT2D eigenvalue weighted by Crippen LogP contribution is 2.33. The first kappa shape index (κ1) is 15.3. The first-order valence-electron chi connectivity index (χ1n) is 7.10. The summed E-state index contributed by atoms with van der Waals surface area (Å²) in [6.45, 7) is 0. The summed E-state index contributed by atoms with van der Waals surface area (Å²) in [6, 6.07) is 11.4. The second-order valence-electron chi connectivity index (χ2n) is 5.16. The van der Waals surface area contributed by atoms with Crippen LogP contribution in [0.1, 0.15) is 16.7 Å². The summed E-state index contributed by atoms with van der Waals surface area (Å²) < 4.78 is 10.8. The number of nitrogens with one attached hydrogen (secondary N) is 1. The highest BCUT2D eigenvalue weighted by molar-refractivity contribution is 7.80. The molecule has 3 N–H and O–H groups in total. The molecule has 23 heavy (non-hydrogen) atoms. The van der Waals surface area contributed by atoms with E-state index in [1.807, 2.05) is 36.4 Å². The lowest BCUT2D eigenvalue weighted by Crippen LogP contribution is -2.16. The van der Waals surface area contributed by atoms with Gasteiger partial charge in [0.2, 0.25) is 0 Å². The first-order chi connectivity index (χ1) is 11.1. The summed E-state index contributed by atoms with van der Waals surface area (Å²) in [5, 5.41) is 4.46. The fraction of sp³-hybridized carbons (Fsp3) is 0.176. The minimum Gasteiger partial charge on any atom is -0.493 e.